The third-order valence-corrected chi connectivity index (χ3v) is 6.52. The van der Waals surface area contributed by atoms with Crippen LogP contribution in [0.5, 0.6) is 0 Å². The van der Waals surface area contributed by atoms with E-state index >= 15 is 0 Å². The Balaban J connectivity index is 2.67. The van der Waals surface area contributed by atoms with E-state index in [9.17, 15) is 0 Å². The van der Waals surface area contributed by atoms with Crippen molar-refractivity contribution in [2.45, 2.75) is 4.97 Å². The molecule has 0 amide bonds. The molecule has 0 bridgehead atoms. The summed E-state index contributed by atoms with van der Waals surface area (Å²) in [7, 11) is 0. The monoisotopic (exact) mass is 284 g/mol. The zero-order valence-electron chi connectivity index (χ0n) is 5.46. The molecule has 0 fully saturated rings. The summed E-state index contributed by atoms with van der Waals surface area (Å²) in [5.74, 6) is 0. The zero-order valence-corrected chi connectivity index (χ0v) is 9.42. The van der Waals surface area contributed by atoms with Crippen LogP contribution in [0.2, 0.25) is 4.97 Å². The predicted molar refractivity (Wildman–Crippen MR) is 51.0 cm³/mol. The second kappa shape index (κ2) is 2.83. The normalized spacial score (nSPS) is 10.9. The van der Waals surface area contributed by atoms with Gasteiger partial charge in [0.05, 0.1) is 0 Å². The molecule has 0 spiro atoms. The van der Waals surface area contributed by atoms with Crippen LogP contribution in [-0.4, -0.2) is 20.9 Å². The molecule has 2 heterocycles. The van der Waals surface area contributed by atoms with E-state index in [1.54, 1.807) is 2.93 Å². The van der Waals surface area contributed by atoms with E-state index in [1.165, 1.54) is 9.40 Å². The van der Waals surface area contributed by atoms with Gasteiger partial charge in [-0.05, 0) is 0 Å². The van der Waals surface area contributed by atoms with Gasteiger partial charge >= 0.3 is 78.4 Å². The van der Waals surface area contributed by atoms with Gasteiger partial charge in [-0.15, -0.1) is 0 Å². The molecule has 0 atom stereocenters. The molecule has 2 aromatic heterocycles. The van der Waals surface area contributed by atoms with Crippen LogP contribution < -0.4 is 2.93 Å². The van der Waals surface area contributed by atoms with Crippen LogP contribution in [0.4, 0.5) is 0 Å². The van der Waals surface area contributed by atoms with Crippen molar-refractivity contribution in [3.63, 3.8) is 0 Å². The fourth-order valence-corrected chi connectivity index (χ4v) is 5.16. The maximum atomic E-state index is 2.35. The minimum absolute atomic E-state index is 0.156. The van der Waals surface area contributed by atoms with Crippen molar-refractivity contribution < 1.29 is 0 Å². The molecule has 0 unspecified atom stereocenters. The Morgan fingerprint density at radius 2 is 2.30 bits per heavy atom. The Labute approximate surface area is 78.0 Å². The Kier molecular flexibility index (Phi) is 2.01. The van der Waals surface area contributed by atoms with Crippen molar-refractivity contribution in [3.8, 4) is 0 Å². The van der Waals surface area contributed by atoms with Crippen LogP contribution in [0.15, 0.2) is 17.5 Å². The van der Waals surface area contributed by atoms with Crippen molar-refractivity contribution >= 4 is 55.9 Å². The Hall–Kier alpha value is 0.450. The zero-order chi connectivity index (χ0) is 6.97. The molecular formula is C7H6S2Te. The van der Waals surface area contributed by atoms with E-state index in [0.29, 0.717) is 0 Å². The first-order valence-electron chi connectivity index (χ1n) is 2.91. The van der Waals surface area contributed by atoms with Crippen LogP contribution in [0.3, 0.4) is 0 Å². The van der Waals surface area contributed by atoms with Crippen molar-refractivity contribution in [3.05, 3.63) is 17.5 Å². The third-order valence-electron chi connectivity index (χ3n) is 1.32. The summed E-state index contributed by atoms with van der Waals surface area (Å²) >= 11 is 3.98. The molecule has 3 heteroatoms. The van der Waals surface area contributed by atoms with Gasteiger partial charge < -0.3 is 0 Å². The first-order valence-corrected chi connectivity index (χ1v) is 8.10. The van der Waals surface area contributed by atoms with E-state index < -0.39 is 0 Å². The first-order chi connectivity index (χ1) is 4.90. The van der Waals surface area contributed by atoms with Gasteiger partial charge in [-0.2, -0.15) is 0 Å². The molecule has 0 radical (unpaired) electrons. The summed E-state index contributed by atoms with van der Waals surface area (Å²) in [6.07, 6.45) is 0. The maximum absolute atomic E-state index is 2.35. The van der Waals surface area contributed by atoms with E-state index in [4.69, 9.17) is 0 Å². The number of fused-ring (bicyclic) bond motifs is 1. The number of thiophene rings is 2. The molecule has 2 aromatic rings. The summed E-state index contributed by atoms with van der Waals surface area (Å²) < 4.78 is 4.59. The second-order valence-electron chi connectivity index (χ2n) is 1.92. The fraction of sp³-hybridized carbons (Fsp3) is 0.143. The van der Waals surface area contributed by atoms with E-state index in [1.807, 2.05) is 22.7 Å². The number of hydrogen-bond donors (Lipinski definition) is 0. The van der Waals surface area contributed by atoms with E-state index in [-0.39, 0.29) is 20.9 Å². The predicted octanol–water partition coefficient (Wildman–Crippen LogP) is 2.34. The summed E-state index contributed by atoms with van der Waals surface area (Å²) in [4.78, 5) is 2.33. The molecule has 0 saturated carbocycles. The van der Waals surface area contributed by atoms with Gasteiger partial charge in [0, 0.05) is 0 Å². The molecule has 0 aliphatic carbocycles. The Morgan fingerprint density at radius 3 is 3.00 bits per heavy atom. The van der Waals surface area contributed by atoms with E-state index in [2.05, 4.69) is 22.5 Å². The fourth-order valence-electron chi connectivity index (χ4n) is 0.844. The Bertz CT molecular complexity index is 305. The van der Waals surface area contributed by atoms with Crippen LogP contribution in [0.25, 0.3) is 9.40 Å². The molecule has 2 rings (SSSR count). The SMILES string of the molecule is C[Te]c1cc2sccc2s1. The topological polar surface area (TPSA) is 0 Å². The van der Waals surface area contributed by atoms with Crippen LogP contribution in [0.1, 0.15) is 0 Å². The van der Waals surface area contributed by atoms with Gasteiger partial charge in [-0.1, -0.05) is 0 Å². The average molecular weight is 282 g/mol. The van der Waals surface area contributed by atoms with Gasteiger partial charge in [-0.25, -0.2) is 0 Å². The third kappa shape index (κ3) is 1.12. The molecule has 0 N–H and O–H groups in total. The van der Waals surface area contributed by atoms with E-state index in [0.717, 1.165) is 0 Å². The summed E-state index contributed by atoms with van der Waals surface area (Å²) in [6, 6.07) is 4.57. The molecule has 0 nitrogen and oxygen atoms in total. The molecule has 0 saturated heterocycles. The van der Waals surface area contributed by atoms with Crippen LogP contribution in [0, 0.1) is 0 Å². The standard InChI is InChI=1S/C7H6S2Te/c1-10-7-4-6-5(9-7)2-3-8-6/h2-4H,1H3. The molecular weight excluding hydrogens is 276 g/mol. The summed E-state index contributed by atoms with van der Waals surface area (Å²) in [6.45, 7) is 0. The second-order valence-corrected chi connectivity index (χ2v) is 7.18. The average Bonchev–Trinajstić information content (AvgIpc) is 2.42. The molecule has 52 valence electrons. The summed E-state index contributed by atoms with van der Waals surface area (Å²) in [5.41, 5.74) is 0. The van der Waals surface area contributed by atoms with Crippen molar-refractivity contribution in [1.82, 2.24) is 0 Å². The van der Waals surface area contributed by atoms with Crippen molar-refractivity contribution in [2.24, 2.45) is 0 Å². The van der Waals surface area contributed by atoms with Gasteiger partial charge in [-0.3, -0.25) is 0 Å². The van der Waals surface area contributed by atoms with Crippen molar-refractivity contribution in [1.29, 1.82) is 0 Å². The van der Waals surface area contributed by atoms with Gasteiger partial charge in [0.25, 0.3) is 0 Å². The Morgan fingerprint density at radius 1 is 1.40 bits per heavy atom. The van der Waals surface area contributed by atoms with Gasteiger partial charge in [0.2, 0.25) is 0 Å². The van der Waals surface area contributed by atoms with Crippen LogP contribution in [-0.2, 0) is 0 Å². The van der Waals surface area contributed by atoms with Gasteiger partial charge in [0.15, 0.2) is 0 Å². The number of rotatable bonds is 1. The molecule has 0 aliphatic rings. The number of hydrogen-bond acceptors (Lipinski definition) is 2. The van der Waals surface area contributed by atoms with Crippen LogP contribution >= 0.6 is 22.7 Å². The summed E-state index contributed by atoms with van der Waals surface area (Å²) in [5, 5.41) is 2.17. The molecule has 0 aromatic carbocycles. The first kappa shape index (κ1) is 7.12. The minimum atomic E-state index is 0.156. The van der Waals surface area contributed by atoms with Crippen molar-refractivity contribution in [2.75, 3.05) is 0 Å². The van der Waals surface area contributed by atoms with Gasteiger partial charge in [0.1, 0.15) is 0 Å². The molecule has 0 aliphatic heterocycles. The quantitative estimate of drug-likeness (QED) is 0.704. The molecule has 10 heavy (non-hydrogen) atoms.